The largest absolute Gasteiger partial charge is 0.489 e. The fourth-order valence-electron chi connectivity index (χ4n) is 2.68. The van der Waals surface area contributed by atoms with E-state index in [4.69, 9.17) is 10.5 Å². The number of carbonyl (C=O) groups excluding carboxylic acids is 2. The summed E-state index contributed by atoms with van der Waals surface area (Å²) in [5.74, 6) is -0.586. The molecule has 0 spiro atoms. The number of nitro benzene ring substituents is 1. The van der Waals surface area contributed by atoms with Gasteiger partial charge in [-0.15, -0.1) is 0 Å². The van der Waals surface area contributed by atoms with Gasteiger partial charge < -0.3 is 15.8 Å². The SMILES string of the molecule is Cc1ccc(NC(=O)c2cccc(OCc3cncc(C(N)=O)c3)c2)cc1[N+](=O)[O-]. The van der Waals surface area contributed by atoms with Crippen LogP contribution in [0.4, 0.5) is 11.4 Å². The van der Waals surface area contributed by atoms with Gasteiger partial charge in [0.05, 0.1) is 10.5 Å². The monoisotopic (exact) mass is 406 g/mol. The number of rotatable bonds is 7. The van der Waals surface area contributed by atoms with Crippen molar-refractivity contribution in [1.82, 2.24) is 4.98 Å². The molecule has 0 unspecified atom stereocenters. The molecule has 0 bridgehead atoms. The molecule has 2 amide bonds. The molecule has 9 nitrogen and oxygen atoms in total. The molecule has 0 radical (unpaired) electrons. The number of aromatic nitrogens is 1. The number of primary amides is 1. The van der Waals surface area contributed by atoms with Crippen LogP contribution < -0.4 is 15.8 Å². The second-order valence-corrected chi connectivity index (χ2v) is 6.48. The lowest BCUT2D eigenvalue weighted by molar-refractivity contribution is -0.385. The third kappa shape index (κ3) is 4.96. The van der Waals surface area contributed by atoms with Gasteiger partial charge in [-0.25, -0.2) is 0 Å². The predicted octanol–water partition coefficient (Wildman–Crippen LogP) is 3.23. The van der Waals surface area contributed by atoms with E-state index in [9.17, 15) is 19.7 Å². The van der Waals surface area contributed by atoms with E-state index in [1.807, 2.05) is 0 Å². The minimum atomic E-state index is -0.584. The number of amides is 2. The Bertz CT molecular complexity index is 1130. The van der Waals surface area contributed by atoms with Gasteiger partial charge in [0.2, 0.25) is 5.91 Å². The van der Waals surface area contributed by atoms with E-state index in [2.05, 4.69) is 10.3 Å². The average molecular weight is 406 g/mol. The number of hydrogen-bond acceptors (Lipinski definition) is 6. The zero-order valence-corrected chi connectivity index (χ0v) is 16.0. The van der Waals surface area contributed by atoms with Crippen molar-refractivity contribution in [3.05, 3.63) is 93.3 Å². The lowest BCUT2D eigenvalue weighted by Gasteiger charge is -2.09. The number of carbonyl (C=O) groups is 2. The fourth-order valence-corrected chi connectivity index (χ4v) is 2.68. The molecule has 152 valence electrons. The first-order valence-electron chi connectivity index (χ1n) is 8.86. The number of nitrogens with two attached hydrogens (primary N) is 1. The zero-order chi connectivity index (χ0) is 21.7. The summed E-state index contributed by atoms with van der Waals surface area (Å²) in [5.41, 5.74) is 7.23. The van der Waals surface area contributed by atoms with Crippen molar-refractivity contribution in [2.75, 3.05) is 5.32 Å². The third-order valence-corrected chi connectivity index (χ3v) is 4.24. The minimum absolute atomic E-state index is 0.0725. The number of pyridine rings is 1. The normalized spacial score (nSPS) is 10.3. The van der Waals surface area contributed by atoms with Crippen LogP contribution in [0.1, 0.15) is 31.8 Å². The van der Waals surface area contributed by atoms with Crippen molar-refractivity contribution in [2.45, 2.75) is 13.5 Å². The lowest BCUT2D eigenvalue weighted by Crippen LogP contribution is -2.12. The van der Waals surface area contributed by atoms with Crippen LogP contribution in [0, 0.1) is 17.0 Å². The zero-order valence-electron chi connectivity index (χ0n) is 16.0. The predicted molar refractivity (Wildman–Crippen MR) is 109 cm³/mol. The van der Waals surface area contributed by atoms with Gasteiger partial charge in [-0.2, -0.15) is 0 Å². The number of aryl methyl sites for hydroxylation is 1. The van der Waals surface area contributed by atoms with Crippen LogP contribution in [0.5, 0.6) is 5.75 Å². The molecule has 1 heterocycles. The van der Waals surface area contributed by atoms with E-state index in [0.717, 1.165) is 0 Å². The van der Waals surface area contributed by atoms with Gasteiger partial charge in [0.25, 0.3) is 11.6 Å². The van der Waals surface area contributed by atoms with Gasteiger partial charge in [0.1, 0.15) is 12.4 Å². The first kappa shape index (κ1) is 20.5. The highest BCUT2D eigenvalue weighted by atomic mass is 16.6. The van der Waals surface area contributed by atoms with Crippen LogP contribution in [0.3, 0.4) is 0 Å². The van der Waals surface area contributed by atoms with Gasteiger partial charge in [-0.05, 0) is 37.3 Å². The number of anilines is 1. The molecule has 3 rings (SSSR count). The number of hydrogen-bond donors (Lipinski definition) is 2. The maximum atomic E-state index is 12.5. The Morgan fingerprint density at radius 1 is 1.13 bits per heavy atom. The van der Waals surface area contributed by atoms with E-state index in [-0.39, 0.29) is 17.9 Å². The van der Waals surface area contributed by atoms with Crippen molar-refractivity contribution in [3.8, 4) is 5.75 Å². The van der Waals surface area contributed by atoms with Crippen LogP contribution in [0.2, 0.25) is 0 Å². The lowest BCUT2D eigenvalue weighted by atomic mass is 10.1. The molecule has 0 aliphatic rings. The number of ether oxygens (including phenoxy) is 1. The summed E-state index contributed by atoms with van der Waals surface area (Å²) in [4.78, 5) is 38.3. The second kappa shape index (κ2) is 8.82. The summed E-state index contributed by atoms with van der Waals surface area (Å²) in [6.45, 7) is 1.75. The van der Waals surface area contributed by atoms with Gasteiger partial charge in [-0.1, -0.05) is 12.1 Å². The molecular weight excluding hydrogens is 388 g/mol. The van der Waals surface area contributed by atoms with Gasteiger partial charge in [0.15, 0.2) is 0 Å². The number of benzene rings is 2. The average Bonchev–Trinajstić information content (AvgIpc) is 2.73. The summed E-state index contributed by atoms with van der Waals surface area (Å²) in [5, 5.41) is 13.7. The summed E-state index contributed by atoms with van der Waals surface area (Å²) in [7, 11) is 0. The van der Waals surface area contributed by atoms with Crippen LogP contribution >= 0.6 is 0 Å². The van der Waals surface area contributed by atoms with Crippen molar-refractivity contribution >= 4 is 23.2 Å². The standard InChI is InChI=1S/C21H18N4O5/c1-13-5-6-17(9-19(13)25(28)29)24-21(27)15-3-2-4-18(8-15)30-12-14-7-16(20(22)26)11-23-10-14/h2-11H,12H2,1H3,(H2,22,26)(H,24,27). The Labute approximate surface area is 171 Å². The summed E-state index contributed by atoms with van der Waals surface area (Å²) < 4.78 is 5.67. The molecule has 0 atom stereocenters. The number of nitro groups is 1. The Kier molecular flexibility index (Phi) is 6.02. The quantitative estimate of drug-likeness (QED) is 0.456. The van der Waals surface area contributed by atoms with E-state index in [0.29, 0.717) is 28.1 Å². The smallest absolute Gasteiger partial charge is 0.274 e. The third-order valence-electron chi connectivity index (χ3n) is 4.24. The van der Waals surface area contributed by atoms with E-state index < -0.39 is 16.7 Å². The van der Waals surface area contributed by atoms with E-state index in [1.54, 1.807) is 55.6 Å². The first-order valence-corrected chi connectivity index (χ1v) is 8.86. The van der Waals surface area contributed by atoms with Gasteiger partial charge >= 0.3 is 0 Å². The molecule has 3 aromatic rings. The molecular formula is C21H18N4O5. The number of nitrogens with one attached hydrogen (secondary N) is 1. The molecule has 9 heteroatoms. The summed E-state index contributed by atoms with van der Waals surface area (Å²) in [6, 6.07) is 12.5. The Balaban J connectivity index is 1.70. The highest BCUT2D eigenvalue weighted by Gasteiger charge is 2.13. The second-order valence-electron chi connectivity index (χ2n) is 6.48. The van der Waals surface area contributed by atoms with Crippen molar-refractivity contribution in [1.29, 1.82) is 0 Å². The minimum Gasteiger partial charge on any atom is -0.489 e. The maximum absolute atomic E-state index is 12.5. The molecule has 1 aromatic heterocycles. The van der Waals surface area contributed by atoms with Crippen LogP contribution in [0.25, 0.3) is 0 Å². The molecule has 0 saturated heterocycles. The highest BCUT2D eigenvalue weighted by Crippen LogP contribution is 2.23. The summed E-state index contributed by atoms with van der Waals surface area (Å²) >= 11 is 0. The molecule has 3 N–H and O–H groups in total. The van der Waals surface area contributed by atoms with Crippen LogP contribution in [-0.4, -0.2) is 21.7 Å². The number of nitrogens with zero attached hydrogens (tertiary/aromatic N) is 2. The van der Waals surface area contributed by atoms with Crippen molar-refractivity contribution in [3.63, 3.8) is 0 Å². The molecule has 0 fully saturated rings. The maximum Gasteiger partial charge on any atom is 0.274 e. The molecule has 0 saturated carbocycles. The van der Waals surface area contributed by atoms with Gasteiger partial charge in [-0.3, -0.25) is 24.7 Å². The molecule has 30 heavy (non-hydrogen) atoms. The molecule has 2 aromatic carbocycles. The van der Waals surface area contributed by atoms with Crippen LogP contribution in [-0.2, 0) is 6.61 Å². The van der Waals surface area contributed by atoms with E-state index >= 15 is 0 Å². The van der Waals surface area contributed by atoms with E-state index in [1.165, 1.54) is 12.3 Å². The van der Waals surface area contributed by atoms with Crippen molar-refractivity contribution in [2.24, 2.45) is 5.73 Å². The van der Waals surface area contributed by atoms with Gasteiger partial charge in [0, 0.05) is 40.8 Å². The Morgan fingerprint density at radius 3 is 2.67 bits per heavy atom. The summed E-state index contributed by atoms with van der Waals surface area (Å²) in [6.07, 6.45) is 2.92. The molecule has 0 aliphatic heterocycles. The van der Waals surface area contributed by atoms with Crippen molar-refractivity contribution < 1.29 is 19.2 Å². The Morgan fingerprint density at radius 2 is 1.93 bits per heavy atom. The Hall–Kier alpha value is -4.27. The first-order chi connectivity index (χ1) is 14.3. The highest BCUT2D eigenvalue weighted by molar-refractivity contribution is 6.04. The molecule has 0 aliphatic carbocycles. The topological polar surface area (TPSA) is 137 Å². The fraction of sp³-hybridized carbons (Fsp3) is 0.0952. The van der Waals surface area contributed by atoms with Crippen LogP contribution in [0.15, 0.2) is 60.9 Å².